The fraction of sp³-hybridized carbons (Fsp3) is 0.250. The first-order valence-corrected chi connectivity index (χ1v) is 4.64. The van der Waals surface area contributed by atoms with Gasteiger partial charge >= 0.3 is 5.97 Å². The minimum absolute atomic E-state index is 0.418. The molecule has 1 aromatic rings. The predicted octanol–water partition coefficient (Wildman–Crippen LogP) is 2.65. The summed E-state index contributed by atoms with van der Waals surface area (Å²) in [5.74, 6) is -0.835. The molecule has 0 saturated carbocycles. The van der Waals surface area contributed by atoms with Gasteiger partial charge in [-0.2, -0.15) is 0 Å². The Bertz CT molecular complexity index is 325. The monoisotopic (exact) mass is 190 g/mol. The molecule has 1 N–H and O–H groups in total. The third kappa shape index (κ3) is 3.44. The van der Waals surface area contributed by atoms with Crippen LogP contribution in [0.4, 0.5) is 0 Å². The minimum atomic E-state index is -0.835. The van der Waals surface area contributed by atoms with Crippen molar-refractivity contribution < 1.29 is 9.90 Å². The molecule has 0 saturated heterocycles. The van der Waals surface area contributed by atoms with Gasteiger partial charge in [0.25, 0.3) is 0 Å². The van der Waals surface area contributed by atoms with Crippen molar-refractivity contribution in [2.45, 2.75) is 19.8 Å². The lowest BCUT2D eigenvalue weighted by atomic mass is 10.1. The molecule has 0 radical (unpaired) electrons. The molecule has 0 atom stereocenters. The summed E-state index contributed by atoms with van der Waals surface area (Å²) in [5, 5.41) is 8.61. The van der Waals surface area contributed by atoms with E-state index in [1.807, 2.05) is 30.3 Å². The molecule has 74 valence electrons. The van der Waals surface area contributed by atoms with Gasteiger partial charge < -0.3 is 5.11 Å². The molecule has 0 unspecified atom stereocenters. The van der Waals surface area contributed by atoms with E-state index in [-0.39, 0.29) is 0 Å². The third-order valence-corrected chi connectivity index (χ3v) is 2.06. The number of carboxylic acid groups (broad SMARTS) is 1. The van der Waals surface area contributed by atoms with Crippen LogP contribution in [0, 0.1) is 0 Å². The molecule has 0 spiro atoms. The molecule has 0 heterocycles. The Kier molecular flexibility index (Phi) is 3.92. The Hall–Kier alpha value is -1.57. The second-order valence-corrected chi connectivity index (χ2v) is 3.22. The molecule has 14 heavy (non-hydrogen) atoms. The van der Waals surface area contributed by atoms with E-state index < -0.39 is 5.97 Å². The highest BCUT2D eigenvalue weighted by Crippen LogP contribution is 2.04. The Morgan fingerprint density at radius 3 is 2.57 bits per heavy atom. The lowest BCUT2D eigenvalue weighted by Crippen LogP contribution is -1.96. The van der Waals surface area contributed by atoms with Crippen molar-refractivity contribution in [1.29, 1.82) is 0 Å². The van der Waals surface area contributed by atoms with Gasteiger partial charge in [-0.3, -0.25) is 0 Å². The van der Waals surface area contributed by atoms with Crippen molar-refractivity contribution in [3.05, 3.63) is 47.5 Å². The van der Waals surface area contributed by atoms with E-state index in [1.54, 1.807) is 13.0 Å². The van der Waals surface area contributed by atoms with E-state index >= 15 is 0 Å². The Balaban J connectivity index is 2.43. The highest BCUT2D eigenvalue weighted by Gasteiger charge is 1.97. The first-order chi connectivity index (χ1) is 6.70. The van der Waals surface area contributed by atoms with Crippen molar-refractivity contribution in [2.24, 2.45) is 0 Å². The van der Waals surface area contributed by atoms with Gasteiger partial charge in [0.2, 0.25) is 0 Å². The van der Waals surface area contributed by atoms with Crippen LogP contribution in [0.3, 0.4) is 0 Å². The lowest BCUT2D eigenvalue weighted by molar-refractivity contribution is -0.132. The maximum absolute atomic E-state index is 10.5. The molecule has 0 aliphatic heterocycles. The topological polar surface area (TPSA) is 37.3 Å². The van der Waals surface area contributed by atoms with Crippen LogP contribution in [0.15, 0.2) is 42.0 Å². The highest BCUT2D eigenvalue weighted by molar-refractivity contribution is 5.85. The lowest BCUT2D eigenvalue weighted by Gasteiger charge is -1.97. The van der Waals surface area contributed by atoms with Crippen LogP contribution in [0.1, 0.15) is 18.9 Å². The quantitative estimate of drug-likeness (QED) is 0.741. The molecule has 0 bridgehead atoms. The zero-order chi connectivity index (χ0) is 10.4. The van der Waals surface area contributed by atoms with Gasteiger partial charge in [-0.05, 0) is 25.3 Å². The second-order valence-electron chi connectivity index (χ2n) is 3.22. The maximum atomic E-state index is 10.5. The van der Waals surface area contributed by atoms with Crippen molar-refractivity contribution in [1.82, 2.24) is 0 Å². The standard InChI is InChI=1S/C12H14O2/c1-10(12(13)14)6-5-9-11-7-3-2-4-8-11/h2-4,6-8H,5,9H2,1H3,(H,13,14)/b10-6+. The molecule has 0 aromatic heterocycles. The van der Waals surface area contributed by atoms with E-state index in [9.17, 15) is 4.79 Å². The summed E-state index contributed by atoms with van der Waals surface area (Å²) < 4.78 is 0. The molecular formula is C12H14O2. The normalized spacial score (nSPS) is 11.4. The number of aliphatic carboxylic acids is 1. The van der Waals surface area contributed by atoms with E-state index in [2.05, 4.69) is 0 Å². The number of hydrogen-bond donors (Lipinski definition) is 1. The Morgan fingerprint density at radius 2 is 2.00 bits per heavy atom. The van der Waals surface area contributed by atoms with Gasteiger partial charge in [0.05, 0.1) is 0 Å². The van der Waals surface area contributed by atoms with Crippen LogP contribution >= 0.6 is 0 Å². The van der Waals surface area contributed by atoms with Gasteiger partial charge in [0.15, 0.2) is 0 Å². The second kappa shape index (κ2) is 5.22. The van der Waals surface area contributed by atoms with Crippen molar-refractivity contribution in [3.63, 3.8) is 0 Å². The van der Waals surface area contributed by atoms with Crippen LogP contribution in [0.2, 0.25) is 0 Å². The van der Waals surface area contributed by atoms with Crippen LogP contribution in [0.25, 0.3) is 0 Å². The first kappa shape index (κ1) is 10.5. The molecule has 2 nitrogen and oxygen atoms in total. The largest absolute Gasteiger partial charge is 0.478 e. The molecule has 0 aliphatic rings. The smallest absolute Gasteiger partial charge is 0.330 e. The summed E-state index contributed by atoms with van der Waals surface area (Å²) in [6.45, 7) is 1.62. The number of hydrogen-bond acceptors (Lipinski definition) is 1. The minimum Gasteiger partial charge on any atom is -0.478 e. The summed E-state index contributed by atoms with van der Waals surface area (Å²) >= 11 is 0. The van der Waals surface area contributed by atoms with Gasteiger partial charge in [0, 0.05) is 5.57 Å². The first-order valence-electron chi connectivity index (χ1n) is 4.64. The van der Waals surface area contributed by atoms with Gasteiger partial charge in [0.1, 0.15) is 0 Å². The van der Waals surface area contributed by atoms with Crippen LogP contribution in [-0.2, 0) is 11.2 Å². The van der Waals surface area contributed by atoms with Gasteiger partial charge in [-0.15, -0.1) is 0 Å². The van der Waals surface area contributed by atoms with E-state index in [0.717, 1.165) is 12.8 Å². The SMILES string of the molecule is C/C(=C\CCc1ccccc1)C(=O)O. The fourth-order valence-electron chi connectivity index (χ4n) is 1.19. The van der Waals surface area contributed by atoms with Crippen molar-refractivity contribution in [2.75, 3.05) is 0 Å². The number of carbonyl (C=O) groups is 1. The van der Waals surface area contributed by atoms with Gasteiger partial charge in [-0.1, -0.05) is 36.4 Å². The summed E-state index contributed by atoms with van der Waals surface area (Å²) in [5.41, 5.74) is 1.66. The molecule has 0 amide bonds. The summed E-state index contributed by atoms with van der Waals surface area (Å²) in [4.78, 5) is 10.5. The number of allylic oxidation sites excluding steroid dienone is 1. The average Bonchev–Trinajstić information content (AvgIpc) is 2.19. The summed E-state index contributed by atoms with van der Waals surface area (Å²) in [6, 6.07) is 10.0. The molecule has 2 heteroatoms. The maximum Gasteiger partial charge on any atom is 0.330 e. The van der Waals surface area contributed by atoms with E-state index in [1.165, 1.54) is 5.56 Å². The molecule has 0 fully saturated rings. The number of rotatable bonds is 4. The molecule has 1 rings (SSSR count). The average molecular weight is 190 g/mol. The van der Waals surface area contributed by atoms with Crippen molar-refractivity contribution in [3.8, 4) is 0 Å². The van der Waals surface area contributed by atoms with E-state index in [4.69, 9.17) is 5.11 Å². The Morgan fingerprint density at radius 1 is 1.36 bits per heavy atom. The van der Waals surface area contributed by atoms with Gasteiger partial charge in [-0.25, -0.2) is 4.79 Å². The molecular weight excluding hydrogens is 176 g/mol. The number of carboxylic acids is 1. The van der Waals surface area contributed by atoms with E-state index in [0.29, 0.717) is 5.57 Å². The highest BCUT2D eigenvalue weighted by atomic mass is 16.4. The summed E-state index contributed by atoms with van der Waals surface area (Å²) in [6.07, 6.45) is 3.43. The summed E-state index contributed by atoms with van der Waals surface area (Å²) in [7, 11) is 0. The Labute approximate surface area is 83.9 Å². The van der Waals surface area contributed by atoms with Crippen LogP contribution < -0.4 is 0 Å². The zero-order valence-corrected chi connectivity index (χ0v) is 8.23. The predicted molar refractivity (Wildman–Crippen MR) is 56.2 cm³/mol. The third-order valence-electron chi connectivity index (χ3n) is 2.06. The zero-order valence-electron chi connectivity index (χ0n) is 8.23. The number of benzene rings is 1. The van der Waals surface area contributed by atoms with Crippen LogP contribution in [-0.4, -0.2) is 11.1 Å². The van der Waals surface area contributed by atoms with Crippen molar-refractivity contribution >= 4 is 5.97 Å². The molecule has 1 aromatic carbocycles. The fourth-order valence-corrected chi connectivity index (χ4v) is 1.19. The molecule has 0 aliphatic carbocycles. The number of aryl methyl sites for hydroxylation is 1. The van der Waals surface area contributed by atoms with Crippen LogP contribution in [0.5, 0.6) is 0 Å².